The van der Waals surface area contributed by atoms with Crippen LogP contribution in [0.5, 0.6) is 11.5 Å². The number of benzene rings is 2. The van der Waals surface area contributed by atoms with Crippen LogP contribution in [-0.4, -0.2) is 11.7 Å². The number of aromatic hydroxyl groups is 1. The molecule has 0 saturated heterocycles. The van der Waals surface area contributed by atoms with Crippen molar-refractivity contribution in [2.45, 2.75) is 26.8 Å². The van der Waals surface area contributed by atoms with Crippen molar-refractivity contribution < 1.29 is 9.84 Å². The van der Waals surface area contributed by atoms with Crippen molar-refractivity contribution >= 4 is 5.69 Å². The Bertz CT molecular complexity index is 581. The first-order valence-corrected chi connectivity index (χ1v) is 6.89. The molecular formula is C17H21NO2. The Balaban J connectivity index is 2.16. The van der Waals surface area contributed by atoms with Crippen LogP contribution < -0.4 is 10.1 Å². The number of rotatable bonds is 5. The van der Waals surface area contributed by atoms with Crippen LogP contribution in [0.25, 0.3) is 0 Å². The fraction of sp³-hybridized carbons (Fsp3) is 0.294. The Morgan fingerprint density at radius 1 is 1.20 bits per heavy atom. The van der Waals surface area contributed by atoms with Gasteiger partial charge in [-0.1, -0.05) is 18.2 Å². The lowest BCUT2D eigenvalue weighted by molar-refractivity contribution is 0.340. The van der Waals surface area contributed by atoms with Gasteiger partial charge in [0.25, 0.3) is 0 Å². The molecule has 2 aromatic rings. The van der Waals surface area contributed by atoms with Crippen molar-refractivity contribution in [2.24, 2.45) is 0 Å². The van der Waals surface area contributed by atoms with Crippen molar-refractivity contribution in [3.05, 3.63) is 53.6 Å². The monoisotopic (exact) mass is 271 g/mol. The zero-order valence-electron chi connectivity index (χ0n) is 12.2. The largest absolute Gasteiger partial charge is 0.508 e. The maximum Gasteiger partial charge on any atom is 0.120 e. The second-order valence-corrected chi connectivity index (χ2v) is 4.83. The third-order valence-electron chi connectivity index (χ3n) is 3.28. The zero-order chi connectivity index (χ0) is 14.5. The molecule has 2 aromatic carbocycles. The highest BCUT2D eigenvalue weighted by molar-refractivity contribution is 5.55. The quantitative estimate of drug-likeness (QED) is 0.853. The molecule has 0 spiro atoms. The fourth-order valence-corrected chi connectivity index (χ4v) is 2.22. The molecule has 0 aliphatic rings. The van der Waals surface area contributed by atoms with E-state index in [4.69, 9.17) is 4.74 Å². The summed E-state index contributed by atoms with van der Waals surface area (Å²) in [5, 5.41) is 13.3. The molecule has 0 aliphatic carbocycles. The van der Waals surface area contributed by atoms with Crippen LogP contribution in [0.2, 0.25) is 0 Å². The Kier molecular flexibility index (Phi) is 4.51. The molecule has 0 saturated carbocycles. The summed E-state index contributed by atoms with van der Waals surface area (Å²) in [6.07, 6.45) is 0. The van der Waals surface area contributed by atoms with Gasteiger partial charge in [0.2, 0.25) is 0 Å². The van der Waals surface area contributed by atoms with Gasteiger partial charge >= 0.3 is 0 Å². The minimum Gasteiger partial charge on any atom is -0.508 e. The van der Waals surface area contributed by atoms with Crippen LogP contribution in [0.3, 0.4) is 0 Å². The number of phenols is 1. The van der Waals surface area contributed by atoms with Gasteiger partial charge in [0.15, 0.2) is 0 Å². The normalized spacial score (nSPS) is 11.9. The average molecular weight is 271 g/mol. The van der Waals surface area contributed by atoms with E-state index < -0.39 is 0 Å². The van der Waals surface area contributed by atoms with E-state index in [0.29, 0.717) is 12.4 Å². The first kappa shape index (κ1) is 14.3. The van der Waals surface area contributed by atoms with Crippen LogP contribution in [0.4, 0.5) is 5.69 Å². The third kappa shape index (κ3) is 3.23. The van der Waals surface area contributed by atoms with Gasteiger partial charge in [-0.05, 0) is 50.6 Å². The van der Waals surface area contributed by atoms with E-state index in [2.05, 4.69) is 5.32 Å². The molecule has 0 bridgehead atoms. The fourth-order valence-electron chi connectivity index (χ4n) is 2.22. The molecule has 2 rings (SSSR count). The van der Waals surface area contributed by atoms with Gasteiger partial charge < -0.3 is 15.2 Å². The number of hydrogen-bond donors (Lipinski definition) is 2. The summed E-state index contributed by atoms with van der Waals surface area (Å²) in [5.41, 5.74) is 3.06. The molecule has 0 aromatic heterocycles. The first-order chi connectivity index (χ1) is 9.61. The molecule has 3 heteroatoms. The van der Waals surface area contributed by atoms with E-state index in [-0.39, 0.29) is 6.04 Å². The highest BCUT2D eigenvalue weighted by Gasteiger charge is 2.10. The number of phenolic OH excluding ortho intramolecular Hbond substituents is 1. The van der Waals surface area contributed by atoms with Gasteiger partial charge in [-0.3, -0.25) is 0 Å². The Morgan fingerprint density at radius 2 is 1.95 bits per heavy atom. The maximum atomic E-state index is 9.88. The predicted molar refractivity (Wildman–Crippen MR) is 82.5 cm³/mol. The number of anilines is 1. The molecule has 106 valence electrons. The van der Waals surface area contributed by atoms with Gasteiger partial charge in [0.1, 0.15) is 11.5 Å². The Morgan fingerprint density at radius 3 is 2.60 bits per heavy atom. The summed E-state index contributed by atoms with van der Waals surface area (Å²) in [6.45, 7) is 6.72. The molecule has 2 N–H and O–H groups in total. The lowest BCUT2D eigenvalue weighted by atomic mass is 10.1. The van der Waals surface area contributed by atoms with Gasteiger partial charge in [-0.2, -0.15) is 0 Å². The number of nitrogens with one attached hydrogen (secondary N) is 1. The number of hydrogen-bond acceptors (Lipinski definition) is 3. The minimum absolute atomic E-state index is 0.0350. The van der Waals surface area contributed by atoms with E-state index >= 15 is 0 Å². The SMILES string of the molecule is CCOc1ccc(NC(C)c2ccccc2O)c(C)c1. The molecular weight excluding hydrogens is 250 g/mol. The molecule has 0 fully saturated rings. The first-order valence-electron chi connectivity index (χ1n) is 6.89. The van der Waals surface area contributed by atoms with Gasteiger partial charge in [0.05, 0.1) is 12.6 Å². The summed E-state index contributed by atoms with van der Waals surface area (Å²) in [5.74, 6) is 1.20. The van der Waals surface area contributed by atoms with Crippen LogP contribution in [0.15, 0.2) is 42.5 Å². The summed E-state index contributed by atoms with van der Waals surface area (Å²) in [7, 11) is 0. The molecule has 0 aliphatic heterocycles. The maximum absolute atomic E-state index is 9.88. The van der Waals surface area contributed by atoms with E-state index in [1.165, 1.54) is 0 Å². The highest BCUT2D eigenvalue weighted by Crippen LogP contribution is 2.29. The molecule has 1 unspecified atom stereocenters. The highest BCUT2D eigenvalue weighted by atomic mass is 16.5. The standard InChI is InChI=1S/C17H21NO2/c1-4-20-14-9-10-16(12(2)11-14)18-13(3)15-7-5-6-8-17(15)19/h5-11,13,18-19H,4H2,1-3H3. The Hall–Kier alpha value is -2.16. The van der Waals surface area contributed by atoms with Crippen molar-refractivity contribution in [1.29, 1.82) is 0 Å². The van der Waals surface area contributed by atoms with Gasteiger partial charge in [0, 0.05) is 11.3 Å². The average Bonchev–Trinajstić information content (AvgIpc) is 2.42. The molecule has 0 radical (unpaired) electrons. The van der Waals surface area contributed by atoms with Crippen LogP contribution in [0, 0.1) is 6.92 Å². The third-order valence-corrected chi connectivity index (χ3v) is 3.28. The number of ether oxygens (including phenoxy) is 1. The van der Waals surface area contributed by atoms with Crippen molar-refractivity contribution in [2.75, 3.05) is 11.9 Å². The summed E-state index contributed by atoms with van der Waals surface area (Å²) < 4.78 is 5.48. The van der Waals surface area contributed by atoms with Crippen LogP contribution in [-0.2, 0) is 0 Å². The second kappa shape index (κ2) is 6.33. The Labute approximate surface area is 120 Å². The molecule has 0 heterocycles. The van der Waals surface area contributed by atoms with E-state index in [9.17, 15) is 5.11 Å². The molecule has 3 nitrogen and oxygen atoms in total. The summed E-state index contributed by atoms with van der Waals surface area (Å²) >= 11 is 0. The lowest BCUT2D eigenvalue weighted by Crippen LogP contribution is -2.08. The number of aryl methyl sites for hydroxylation is 1. The molecule has 20 heavy (non-hydrogen) atoms. The molecule has 0 amide bonds. The van der Waals surface area contributed by atoms with Crippen LogP contribution in [0.1, 0.15) is 31.0 Å². The van der Waals surface area contributed by atoms with E-state index in [1.54, 1.807) is 6.07 Å². The zero-order valence-corrected chi connectivity index (χ0v) is 12.2. The van der Waals surface area contributed by atoms with E-state index in [0.717, 1.165) is 22.6 Å². The second-order valence-electron chi connectivity index (χ2n) is 4.83. The summed E-state index contributed by atoms with van der Waals surface area (Å²) in [4.78, 5) is 0. The van der Waals surface area contributed by atoms with Crippen molar-refractivity contribution in [3.63, 3.8) is 0 Å². The number of para-hydroxylation sites is 1. The van der Waals surface area contributed by atoms with Gasteiger partial charge in [-0.15, -0.1) is 0 Å². The van der Waals surface area contributed by atoms with Gasteiger partial charge in [-0.25, -0.2) is 0 Å². The van der Waals surface area contributed by atoms with Crippen molar-refractivity contribution in [1.82, 2.24) is 0 Å². The predicted octanol–water partition coefficient (Wildman–Crippen LogP) is 4.27. The van der Waals surface area contributed by atoms with Crippen molar-refractivity contribution in [3.8, 4) is 11.5 Å². The van der Waals surface area contributed by atoms with Crippen LogP contribution >= 0.6 is 0 Å². The topological polar surface area (TPSA) is 41.5 Å². The molecule has 1 atom stereocenters. The smallest absolute Gasteiger partial charge is 0.120 e. The lowest BCUT2D eigenvalue weighted by Gasteiger charge is -2.19. The van der Waals surface area contributed by atoms with E-state index in [1.807, 2.05) is 57.2 Å². The summed E-state index contributed by atoms with van der Waals surface area (Å²) in [6, 6.07) is 13.4. The minimum atomic E-state index is 0.0350.